The lowest BCUT2D eigenvalue weighted by Crippen LogP contribution is -2.38. The number of hydrogen-bond donors (Lipinski definition) is 0. The van der Waals surface area contributed by atoms with E-state index in [0.29, 0.717) is 11.5 Å². The number of nitrogens with zero attached hydrogens (tertiary/aromatic N) is 1. The van der Waals surface area contributed by atoms with E-state index in [9.17, 15) is 9.18 Å². The van der Waals surface area contributed by atoms with Gasteiger partial charge in [-0.05, 0) is 36.6 Å². The Balaban J connectivity index is 2.17. The number of amides is 1. The van der Waals surface area contributed by atoms with E-state index in [0.717, 1.165) is 18.3 Å². The van der Waals surface area contributed by atoms with Gasteiger partial charge in [-0.1, -0.05) is 22.9 Å². The molecule has 1 aliphatic rings. The fraction of sp³-hybridized carbons (Fsp3) is 0.462. The highest BCUT2D eigenvalue weighted by Gasteiger charge is 2.33. The van der Waals surface area contributed by atoms with Crippen LogP contribution in [0.5, 0.6) is 0 Å². The molecule has 4 heteroatoms. The van der Waals surface area contributed by atoms with Crippen LogP contribution in [0, 0.1) is 11.7 Å². The van der Waals surface area contributed by atoms with Gasteiger partial charge in [0.1, 0.15) is 5.82 Å². The summed E-state index contributed by atoms with van der Waals surface area (Å²) in [5, 5.41) is 0.793. The third-order valence-corrected chi connectivity index (χ3v) is 4.06. The minimum atomic E-state index is -0.312. The highest BCUT2D eigenvalue weighted by molar-refractivity contribution is 9.09. The molecule has 17 heavy (non-hydrogen) atoms. The van der Waals surface area contributed by atoms with Gasteiger partial charge in [0.15, 0.2) is 0 Å². The van der Waals surface area contributed by atoms with Gasteiger partial charge in [0, 0.05) is 23.5 Å². The number of rotatable bonds is 2. The summed E-state index contributed by atoms with van der Waals surface area (Å²) in [7, 11) is 0. The molecular weight excluding hydrogens is 285 g/mol. The molecule has 1 aromatic rings. The minimum absolute atomic E-state index is 0.00111. The summed E-state index contributed by atoms with van der Waals surface area (Å²) < 4.78 is 12.8. The Kier molecular flexibility index (Phi) is 3.82. The fourth-order valence-corrected chi connectivity index (χ4v) is 3.24. The van der Waals surface area contributed by atoms with Crippen molar-refractivity contribution in [2.24, 2.45) is 5.92 Å². The Hall–Kier alpha value is -0.900. The first-order chi connectivity index (χ1) is 8.13. The zero-order chi connectivity index (χ0) is 12.4. The summed E-state index contributed by atoms with van der Waals surface area (Å²) >= 11 is 3.46. The van der Waals surface area contributed by atoms with Crippen molar-refractivity contribution in [3.05, 3.63) is 35.6 Å². The summed E-state index contributed by atoms with van der Waals surface area (Å²) in [6.45, 7) is 2.94. The SMILES string of the molecule is CC1CCN(C(=O)c2ccc(F)cc2)C1CBr. The van der Waals surface area contributed by atoms with E-state index in [1.807, 2.05) is 4.90 Å². The van der Waals surface area contributed by atoms with Gasteiger partial charge in [-0.15, -0.1) is 0 Å². The molecule has 1 fully saturated rings. The van der Waals surface area contributed by atoms with E-state index < -0.39 is 0 Å². The second-order valence-electron chi connectivity index (χ2n) is 4.49. The van der Waals surface area contributed by atoms with Gasteiger partial charge in [-0.25, -0.2) is 4.39 Å². The standard InChI is InChI=1S/C13H15BrFNO/c1-9-6-7-16(12(9)8-14)13(17)10-2-4-11(15)5-3-10/h2-5,9,12H,6-8H2,1H3. The third-order valence-electron chi connectivity index (χ3n) is 3.39. The van der Waals surface area contributed by atoms with Gasteiger partial charge >= 0.3 is 0 Å². The molecule has 0 bridgehead atoms. The Labute approximate surface area is 109 Å². The average molecular weight is 300 g/mol. The van der Waals surface area contributed by atoms with Crippen LogP contribution in [0.15, 0.2) is 24.3 Å². The van der Waals surface area contributed by atoms with E-state index in [-0.39, 0.29) is 17.8 Å². The Bertz CT molecular complexity index is 406. The molecule has 1 amide bonds. The highest BCUT2D eigenvalue weighted by Crippen LogP contribution is 2.26. The third kappa shape index (κ3) is 2.51. The molecule has 0 aromatic heterocycles. The van der Waals surface area contributed by atoms with Crippen molar-refractivity contribution in [2.45, 2.75) is 19.4 Å². The maximum atomic E-state index is 12.8. The van der Waals surface area contributed by atoms with Crippen molar-refractivity contribution < 1.29 is 9.18 Å². The number of alkyl halides is 1. The lowest BCUT2D eigenvalue weighted by Gasteiger charge is -2.25. The number of carbonyl (C=O) groups is 1. The first-order valence-corrected chi connectivity index (χ1v) is 6.88. The van der Waals surface area contributed by atoms with E-state index in [2.05, 4.69) is 22.9 Å². The zero-order valence-corrected chi connectivity index (χ0v) is 11.3. The van der Waals surface area contributed by atoms with Crippen molar-refractivity contribution in [3.63, 3.8) is 0 Å². The van der Waals surface area contributed by atoms with Crippen LogP contribution < -0.4 is 0 Å². The van der Waals surface area contributed by atoms with Gasteiger partial charge in [-0.3, -0.25) is 4.79 Å². The van der Waals surface area contributed by atoms with Crippen LogP contribution in [0.4, 0.5) is 4.39 Å². The summed E-state index contributed by atoms with van der Waals surface area (Å²) in [6, 6.07) is 6.00. The molecule has 1 aromatic carbocycles. The second-order valence-corrected chi connectivity index (χ2v) is 5.14. The van der Waals surface area contributed by atoms with Gasteiger partial charge in [0.05, 0.1) is 0 Å². The zero-order valence-electron chi connectivity index (χ0n) is 9.70. The molecule has 0 spiro atoms. The molecule has 2 atom stereocenters. The predicted molar refractivity (Wildman–Crippen MR) is 68.8 cm³/mol. The first-order valence-electron chi connectivity index (χ1n) is 5.76. The van der Waals surface area contributed by atoms with Gasteiger partial charge < -0.3 is 4.90 Å². The number of likely N-dealkylation sites (tertiary alicyclic amines) is 1. The van der Waals surface area contributed by atoms with Crippen molar-refractivity contribution in [1.82, 2.24) is 4.90 Å². The van der Waals surface area contributed by atoms with Crippen LogP contribution >= 0.6 is 15.9 Å². The molecule has 92 valence electrons. The Morgan fingerprint density at radius 1 is 1.47 bits per heavy atom. The average Bonchev–Trinajstić information content (AvgIpc) is 2.70. The van der Waals surface area contributed by atoms with E-state index in [1.165, 1.54) is 12.1 Å². The topological polar surface area (TPSA) is 20.3 Å². The molecule has 2 unspecified atom stereocenters. The predicted octanol–water partition coefficient (Wildman–Crippen LogP) is 3.07. The highest BCUT2D eigenvalue weighted by atomic mass is 79.9. The van der Waals surface area contributed by atoms with Gasteiger partial charge in [0.25, 0.3) is 5.91 Å². The van der Waals surface area contributed by atoms with Crippen molar-refractivity contribution in [2.75, 3.05) is 11.9 Å². The Morgan fingerprint density at radius 3 is 2.71 bits per heavy atom. The minimum Gasteiger partial charge on any atom is -0.335 e. The molecule has 0 N–H and O–H groups in total. The van der Waals surface area contributed by atoms with Crippen LogP contribution in [-0.2, 0) is 0 Å². The van der Waals surface area contributed by atoms with Crippen LogP contribution in [0.3, 0.4) is 0 Å². The molecule has 2 nitrogen and oxygen atoms in total. The molecule has 0 aliphatic carbocycles. The Morgan fingerprint density at radius 2 is 2.12 bits per heavy atom. The number of hydrogen-bond acceptors (Lipinski definition) is 1. The van der Waals surface area contributed by atoms with Crippen molar-refractivity contribution in [3.8, 4) is 0 Å². The lowest BCUT2D eigenvalue weighted by atomic mass is 10.0. The number of carbonyl (C=O) groups excluding carboxylic acids is 1. The molecule has 1 heterocycles. The molecule has 1 saturated heterocycles. The second kappa shape index (κ2) is 5.17. The summed E-state index contributed by atoms with van der Waals surface area (Å²) in [5.41, 5.74) is 0.562. The van der Waals surface area contributed by atoms with E-state index in [4.69, 9.17) is 0 Å². The maximum Gasteiger partial charge on any atom is 0.254 e. The lowest BCUT2D eigenvalue weighted by molar-refractivity contribution is 0.0738. The van der Waals surface area contributed by atoms with Crippen LogP contribution in [0.1, 0.15) is 23.7 Å². The fourth-order valence-electron chi connectivity index (χ4n) is 2.25. The first kappa shape index (κ1) is 12.6. The molecule has 0 radical (unpaired) electrons. The summed E-state index contributed by atoms with van der Waals surface area (Å²) in [6.07, 6.45) is 1.03. The molecule has 2 rings (SSSR count). The number of benzene rings is 1. The summed E-state index contributed by atoms with van der Waals surface area (Å²) in [5.74, 6) is 0.200. The van der Waals surface area contributed by atoms with Crippen LogP contribution in [-0.4, -0.2) is 28.7 Å². The van der Waals surface area contributed by atoms with E-state index >= 15 is 0 Å². The van der Waals surface area contributed by atoms with Gasteiger partial charge in [0.2, 0.25) is 0 Å². The van der Waals surface area contributed by atoms with Gasteiger partial charge in [-0.2, -0.15) is 0 Å². The summed E-state index contributed by atoms with van der Waals surface area (Å²) in [4.78, 5) is 14.1. The van der Waals surface area contributed by atoms with E-state index in [1.54, 1.807) is 12.1 Å². The van der Waals surface area contributed by atoms with Crippen molar-refractivity contribution >= 4 is 21.8 Å². The largest absolute Gasteiger partial charge is 0.335 e. The normalized spacial score (nSPS) is 24.1. The van der Waals surface area contributed by atoms with Crippen molar-refractivity contribution in [1.29, 1.82) is 0 Å². The molecular formula is C13H15BrFNO. The molecule has 0 saturated carbocycles. The monoisotopic (exact) mass is 299 g/mol. The quantitative estimate of drug-likeness (QED) is 0.769. The maximum absolute atomic E-state index is 12.8. The number of halogens is 2. The van der Waals surface area contributed by atoms with Crippen LogP contribution in [0.2, 0.25) is 0 Å². The van der Waals surface area contributed by atoms with Crippen LogP contribution in [0.25, 0.3) is 0 Å². The smallest absolute Gasteiger partial charge is 0.254 e. The molecule has 1 aliphatic heterocycles.